The number of unbranched alkanes of at least 4 members (excludes halogenated alkanes) is 27. The van der Waals surface area contributed by atoms with Crippen LogP contribution in [-0.2, 0) is 33.4 Å². The molecule has 51 heavy (non-hydrogen) atoms. The van der Waals surface area contributed by atoms with E-state index in [1.165, 1.54) is 128 Å². The van der Waals surface area contributed by atoms with E-state index >= 15 is 0 Å². The van der Waals surface area contributed by atoms with Crippen LogP contribution in [0.1, 0.15) is 232 Å². The summed E-state index contributed by atoms with van der Waals surface area (Å²) in [4.78, 5) is 48.0. The molecular formula is C43H80O8. The maximum Gasteiger partial charge on any atom is 0.306 e. The lowest BCUT2D eigenvalue weighted by molar-refractivity contribution is -0.167. The molecule has 0 aromatic rings. The quantitative estimate of drug-likeness (QED) is 0.0377. The van der Waals surface area contributed by atoms with Gasteiger partial charge in [0, 0.05) is 25.7 Å². The Balaban J connectivity index is 4.25. The molecule has 300 valence electrons. The summed E-state index contributed by atoms with van der Waals surface area (Å²) in [7, 11) is 0. The van der Waals surface area contributed by atoms with Crippen LogP contribution in [0.2, 0.25) is 0 Å². The van der Waals surface area contributed by atoms with Gasteiger partial charge in [-0.2, -0.15) is 0 Å². The minimum atomic E-state index is -0.837. The molecule has 0 unspecified atom stereocenters. The van der Waals surface area contributed by atoms with Crippen molar-refractivity contribution in [2.45, 2.75) is 238 Å². The molecule has 0 aliphatic heterocycles. The summed E-state index contributed by atoms with van der Waals surface area (Å²) in [6.07, 6.45) is 34.9. The molecule has 0 radical (unpaired) electrons. The number of aliphatic carboxylic acids is 1. The second kappa shape index (κ2) is 39.1. The van der Waals surface area contributed by atoms with Gasteiger partial charge in [0.05, 0.1) is 0 Å². The highest BCUT2D eigenvalue weighted by atomic mass is 16.6. The lowest BCUT2D eigenvalue weighted by Gasteiger charge is -2.18. The van der Waals surface area contributed by atoms with Crippen molar-refractivity contribution in [3.63, 3.8) is 0 Å². The van der Waals surface area contributed by atoms with Crippen molar-refractivity contribution >= 4 is 23.9 Å². The van der Waals surface area contributed by atoms with Gasteiger partial charge in [0.2, 0.25) is 0 Å². The second-order valence-electron chi connectivity index (χ2n) is 14.8. The zero-order chi connectivity index (χ0) is 37.5. The number of carboxylic acid groups (broad SMARTS) is 1. The van der Waals surface area contributed by atoms with Gasteiger partial charge in [0.15, 0.2) is 6.10 Å². The molecular weight excluding hydrogens is 644 g/mol. The normalized spacial score (nSPS) is 11.2. The molecule has 0 bridgehead atoms. The van der Waals surface area contributed by atoms with E-state index in [4.69, 9.17) is 19.3 Å². The first-order valence-corrected chi connectivity index (χ1v) is 21.6. The van der Waals surface area contributed by atoms with Crippen molar-refractivity contribution in [2.24, 2.45) is 0 Å². The van der Waals surface area contributed by atoms with Crippen LogP contribution in [0.5, 0.6) is 0 Å². The standard InChI is InChI=1S/C43H80O8/c1-3-5-7-9-11-13-15-17-19-21-23-25-30-34-41(46)49-37-39(51-43(48)36-32-28-27-29-33-40(44)45)38-50-42(47)35-31-26-24-22-20-18-16-14-12-10-8-6-4-2/h39H,3-38H2,1-2H3,(H,44,45). The highest BCUT2D eigenvalue weighted by Gasteiger charge is 2.19. The Labute approximate surface area is 313 Å². The molecule has 0 heterocycles. The fourth-order valence-corrected chi connectivity index (χ4v) is 6.35. The Hall–Kier alpha value is -2.12. The molecule has 8 heteroatoms. The Morgan fingerprint density at radius 2 is 0.627 bits per heavy atom. The molecule has 0 spiro atoms. The molecule has 0 atom stereocenters. The van der Waals surface area contributed by atoms with Crippen LogP contribution in [0.15, 0.2) is 0 Å². The molecule has 0 saturated carbocycles. The van der Waals surface area contributed by atoms with Gasteiger partial charge < -0.3 is 19.3 Å². The highest BCUT2D eigenvalue weighted by molar-refractivity contribution is 5.71. The summed E-state index contributed by atoms with van der Waals surface area (Å²) in [6, 6.07) is 0. The van der Waals surface area contributed by atoms with E-state index in [9.17, 15) is 19.2 Å². The summed E-state index contributed by atoms with van der Waals surface area (Å²) in [5, 5.41) is 8.77. The zero-order valence-electron chi connectivity index (χ0n) is 33.3. The van der Waals surface area contributed by atoms with Crippen LogP contribution in [-0.4, -0.2) is 48.3 Å². The van der Waals surface area contributed by atoms with Gasteiger partial charge in [-0.1, -0.05) is 181 Å². The third kappa shape index (κ3) is 38.9. The van der Waals surface area contributed by atoms with Crippen LogP contribution < -0.4 is 0 Å². The molecule has 0 fully saturated rings. The van der Waals surface area contributed by atoms with Gasteiger partial charge in [-0.05, 0) is 25.7 Å². The third-order valence-corrected chi connectivity index (χ3v) is 9.65. The minimum absolute atomic E-state index is 0.127. The van der Waals surface area contributed by atoms with Gasteiger partial charge in [0.25, 0.3) is 0 Å². The average molecular weight is 725 g/mol. The number of hydrogen-bond acceptors (Lipinski definition) is 7. The third-order valence-electron chi connectivity index (χ3n) is 9.65. The fraction of sp³-hybridized carbons (Fsp3) is 0.907. The molecule has 0 aliphatic rings. The van der Waals surface area contributed by atoms with Gasteiger partial charge in [-0.3, -0.25) is 19.2 Å². The lowest BCUT2D eigenvalue weighted by Crippen LogP contribution is -2.30. The molecule has 1 N–H and O–H groups in total. The van der Waals surface area contributed by atoms with Crippen LogP contribution in [0.3, 0.4) is 0 Å². The first-order chi connectivity index (χ1) is 24.9. The number of rotatable bonds is 40. The second-order valence-corrected chi connectivity index (χ2v) is 14.8. The topological polar surface area (TPSA) is 116 Å². The number of ether oxygens (including phenoxy) is 3. The SMILES string of the molecule is CCCCCCCCCCCCCCCC(=O)OCC(COC(=O)CCCCCCCCCCCCCCC)OC(=O)CCCCCCC(=O)O. The largest absolute Gasteiger partial charge is 0.481 e. The maximum absolute atomic E-state index is 12.5. The smallest absolute Gasteiger partial charge is 0.306 e. The Morgan fingerprint density at radius 1 is 0.373 bits per heavy atom. The van der Waals surface area contributed by atoms with Crippen LogP contribution in [0.25, 0.3) is 0 Å². The monoisotopic (exact) mass is 725 g/mol. The fourth-order valence-electron chi connectivity index (χ4n) is 6.35. The van der Waals surface area contributed by atoms with Crippen molar-refractivity contribution < 1.29 is 38.5 Å². The van der Waals surface area contributed by atoms with Gasteiger partial charge in [-0.15, -0.1) is 0 Å². The zero-order valence-corrected chi connectivity index (χ0v) is 33.3. The Kier molecular flexibility index (Phi) is 37.5. The first kappa shape index (κ1) is 48.9. The van der Waals surface area contributed by atoms with E-state index < -0.39 is 18.0 Å². The number of carbonyl (C=O) groups excluding carboxylic acids is 3. The molecule has 0 aromatic heterocycles. The predicted octanol–water partition coefficient (Wildman–Crippen LogP) is 12.4. The van der Waals surface area contributed by atoms with Gasteiger partial charge in [-0.25, -0.2) is 0 Å². The van der Waals surface area contributed by atoms with E-state index in [1.54, 1.807) is 0 Å². The van der Waals surface area contributed by atoms with Crippen LogP contribution in [0.4, 0.5) is 0 Å². The Morgan fingerprint density at radius 3 is 0.922 bits per heavy atom. The van der Waals surface area contributed by atoms with E-state index in [1.807, 2.05) is 0 Å². The van der Waals surface area contributed by atoms with E-state index in [-0.39, 0.29) is 38.0 Å². The van der Waals surface area contributed by atoms with Crippen molar-refractivity contribution in [1.82, 2.24) is 0 Å². The number of carbonyl (C=O) groups is 4. The van der Waals surface area contributed by atoms with Crippen LogP contribution in [0, 0.1) is 0 Å². The van der Waals surface area contributed by atoms with E-state index in [2.05, 4.69) is 13.8 Å². The summed E-state index contributed by atoms with van der Waals surface area (Å²) in [6.45, 7) is 4.24. The van der Waals surface area contributed by atoms with Crippen molar-refractivity contribution in [3.05, 3.63) is 0 Å². The molecule has 0 aromatic carbocycles. The number of carboxylic acids is 1. The number of hydrogen-bond donors (Lipinski definition) is 1. The van der Waals surface area contributed by atoms with E-state index in [0.29, 0.717) is 25.7 Å². The minimum Gasteiger partial charge on any atom is -0.481 e. The van der Waals surface area contributed by atoms with Gasteiger partial charge in [0.1, 0.15) is 13.2 Å². The summed E-state index contributed by atoms with van der Waals surface area (Å²) in [5.41, 5.74) is 0. The summed E-state index contributed by atoms with van der Waals surface area (Å²) < 4.78 is 16.4. The first-order valence-electron chi connectivity index (χ1n) is 21.6. The van der Waals surface area contributed by atoms with Crippen molar-refractivity contribution in [2.75, 3.05) is 13.2 Å². The average Bonchev–Trinajstić information content (AvgIpc) is 3.11. The molecule has 0 aliphatic carbocycles. The van der Waals surface area contributed by atoms with Gasteiger partial charge >= 0.3 is 23.9 Å². The number of esters is 3. The molecule has 0 saturated heterocycles. The highest BCUT2D eigenvalue weighted by Crippen LogP contribution is 2.15. The molecule has 0 rings (SSSR count). The predicted molar refractivity (Wildman–Crippen MR) is 208 cm³/mol. The Bertz CT molecular complexity index is 768. The summed E-state index contributed by atoms with van der Waals surface area (Å²) >= 11 is 0. The van der Waals surface area contributed by atoms with E-state index in [0.717, 1.165) is 51.4 Å². The molecule has 8 nitrogen and oxygen atoms in total. The molecule has 0 amide bonds. The summed E-state index contributed by atoms with van der Waals surface area (Å²) in [5.74, 6) is -1.89. The lowest BCUT2D eigenvalue weighted by atomic mass is 10.0. The van der Waals surface area contributed by atoms with Crippen molar-refractivity contribution in [1.29, 1.82) is 0 Å². The maximum atomic E-state index is 12.5. The van der Waals surface area contributed by atoms with Crippen molar-refractivity contribution in [3.8, 4) is 0 Å². The van der Waals surface area contributed by atoms with Crippen LogP contribution >= 0.6 is 0 Å².